The zero-order chi connectivity index (χ0) is 26.3. The number of Topliss-reactive ketones (excluding diaryl/α,β-unsaturated/α-hetero) is 1. The Morgan fingerprint density at radius 3 is 2.05 bits per heavy atom. The van der Waals surface area contributed by atoms with Crippen LogP contribution in [0.1, 0.15) is 27.6 Å². The van der Waals surface area contributed by atoms with Gasteiger partial charge in [-0.2, -0.15) is 5.10 Å². The van der Waals surface area contributed by atoms with Crippen LogP contribution in [0.5, 0.6) is 0 Å². The molecule has 0 aliphatic heterocycles. The molecule has 0 amide bonds. The molecule has 1 aromatic heterocycles. The molecule has 0 aliphatic rings. The van der Waals surface area contributed by atoms with Crippen LogP contribution in [-0.4, -0.2) is 21.5 Å². The Labute approximate surface area is 225 Å². The number of esters is 1. The molecule has 0 saturated heterocycles. The predicted molar refractivity (Wildman–Crippen MR) is 149 cm³/mol. The minimum absolute atomic E-state index is 0.294. The van der Waals surface area contributed by atoms with E-state index in [2.05, 4.69) is 0 Å². The molecule has 6 heteroatoms. The first kappa shape index (κ1) is 24.9. The molecule has 1 unspecified atom stereocenters. The second kappa shape index (κ2) is 11.5. The van der Waals surface area contributed by atoms with E-state index in [0.717, 1.165) is 11.3 Å². The van der Waals surface area contributed by atoms with Crippen molar-refractivity contribution in [2.75, 3.05) is 0 Å². The van der Waals surface area contributed by atoms with E-state index in [0.29, 0.717) is 27.4 Å². The van der Waals surface area contributed by atoms with Crippen molar-refractivity contribution < 1.29 is 14.3 Å². The number of carbonyl (C=O) groups is 2. The molecule has 5 nitrogen and oxygen atoms in total. The maximum Gasteiger partial charge on any atom is 0.331 e. The summed E-state index contributed by atoms with van der Waals surface area (Å²) in [7, 11) is 0. The third kappa shape index (κ3) is 5.80. The van der Waals surface area contributed by atoms with Crippen molar-refractivity contribution in [3.63, 3.8) is 0 Å². The molecule has 0 N–H and O–H groups in total. The maximum atomic E-state index is 13.3. The number of aromatic nitrogens is 2. The average molecular weight is 519 g/mol. The van der Waals surface area contributed by atoms with Gasteiger partial charge in [-0.05, 0) is 30.3 Å². The van der Waals surface area contributed by atoms with E-state index in [1.807, 2.05) is 60.8 Å². The lowest BCUT2D eigenvalue weighted by atomic mass is 10.00. The van der Waals surface area contributed by atoms with Gasteiger partial charge in [0.25, 0.3) is 0 Å². The highest BCUT2D eigenvalue weighted by atomic mass is 35.5. The second-order valence-corrected chi connectivity index (χ2v) is 8.95. The van der Waals surface area contributed by atoms with Crippen molar-refractivity contribution in [3.8, 4) is 16.9 Å². The normalized spacial score (nSPS) is 11.8. The zero-order valence-corrected chi connectivity index (χ0v) is 21.0. The van der Waals surface area contributed by atoms with Crippen LogP contribution in [0, 0.1) is 0 Å². The van der Waals surface area contributed by atoms with Gasteiger partial charge in [0.05, 0.1) is 11.4 Å². The van der Waals surface area contributed by atoms with Gasteiger partial charge in [-0.3, -0.25) is 4.79 Å². The number of hydrogen-bond donors (Lipinski definition) is 0. The lowest BCUT2D eigenvalue weighted by Gasteiger charge is -2.16. The minimum Gasteiger partial charge on any atom is -0.446 e. The fourth-order valence-corrected chi connectivity index (χ4v) is 4.15. The van der Waals surface area contributed by atoms with Crippen molar-refractivity contribution in [2.24, 2.45) is 0 Å². The quantitative estimate of drug-likeness (QED) is 0.122. The largest absolute Gasteiger partial charge is 0.446 e. The Morgan fingerprint density at radius 1 is 0.789 bits per heavy atom. The van der Waals surface area contributed by atoms with Gasteiger partial charge in [0.1, 0.15) is 0 Å². The molecule has 0 saturated carbocycles. The summed E-state index contributed by atoms with van der Waals surface area (Å²) in [5, 5.41) is 5.37. The fourth-order valence-electron chi connectivity index (χ4n) is 4.02. The number of ether oxygens (including phenoxy) is 1. The molecule has 0 bridgehead atoms. The van der Waals surface area contributed by atoms with Gasteiger partial charge < -0.3 is 4.74 Å². The van der Waals surface area contributed by atoms with Gasteiger partial charge in [0, 0.05) is 39.5 Å². The highest BCUT2D eigenvalue weighted by Crippen LogP contribution is 2.27. The molecule has 1 heterocycles. The Hall–Kier alpha value is -4.74. The molecule has 186 valence electrons. The van der Waals surface area contributed by atoms with Crippen LogP contribution in [0.3, 0.4) is 0 Å². The third-order valence-electron chi connectivity index (χ3n) is 5.91. The number of halogens is 1. The standard InChI is InChI=1S/C32H23ClN2O3/c33-27-19-16-23(17-20-27)30-26(22-35(34-30)28-14-8-3-9-15-28)18-21-29(36)38-32(25-12-6-2-7-13-25)31(37)24-10-4-1-5-11-24/h1-22,32H/b21-18+. The van der Waals surface area contributed by atoms with E-state index >= 15 is 0 Å². The van der Waals surface area contributed by atoms with Crippen LogP contribution in [0.4, 0.5) is 0 Å². The van der Waals surface area contributed by atoms with Crippen LogP contribution in [-0.2, 0) is 9.53 Å². The molecule has 4 aromatic carbocycles. The number of rotatable bonds is 8. The van der Waals surface area contributed by atoms with Crippen molar-refractivity contribution in [2.45, 2.75) is 6.10 Å². The summed E-state index contributed by atoms with van der Waals surface area (Å²) in [6, 6.07) is 34.8. The van der Waals surface area contributed by atoms with Crippen LogP contribution in [0.25, 0.3) is 23.0 Å². The lowest BCUT2D eigenvalue weighted by molar-refractivity contribution is -0.141. The summed E-state index contributed by atoms with van der Waals surface area (Å²) in [6.07, 6.45) is 3.74. The van der Waals surface area contributed by atoms with E-state index in [1.165, 1.54) is 6.08 Å². The zero-order valence-electron chi connectivity index (χ0n) is 20.3. The highest BCUT2D eigenvalue weighted by molar-refractivity contribution is 6.30. The number of hydrogen-bond acceptors (Lipinski definition) is 4. The van der Waals surface area contributed by atoms with Crippen molar-refractivity contribution in [1.29, 1.82) is 0 Å². The molecule has 0 fully saturated rings. The van der Waals surface area contributed by atoms with Gasteiger partial charge in [0.2, 0.25) is 5.78 Å². The molecular formula is C32H23ClN2O3. The van der Waals surface area contributed by atoms with E-state index in [4.69, 9.17) is 21.4 Å². The molecule has 5 aromatic rings. The first-order valence-corrected chi connectivity index (χ1v) is 12.4. The summed E-state index contributed by atoms with van der Waals surface area (Å²) < 4.78 is 7.46. The van der Waals surface area contributed by atoms with E-state index < -0.39 is 12.1 Å². The number of para-hydroxylation sites is 1. The smallest absolute Gasteiger partial charge is 0.331 e. The van der Waals surface area contributed by atoms with Crippen molar-refractivity contribution in [1.82, 2.24) is 9.78 Å². The van der Waals surface area contributed by atoms with Crippen molar-refractivity contribution >= 4 is 29.4 Å². The minimum atomic E-state index is -1.07. The van der Waals surface area contributed by atoms with Gasteiger partial charge >= 0.3 is 5.97 Å². The summed E-state index contributed by atoms with van der Waals surface area (Å²) in [5.41, 5.74) is 4.17. The van der Waals surface area contributed by atoms with Crippen LogP contribution in [0.15, 0.2) is 128 Å². The molecule has 0 aliphatic carbocycles. The lowest BCUT2D eigenvalue weighted by Crippen LogP contribution is -2.19. The summed E-state index contributed by atoms with van der Waals surface area (Å²) in [5.74, 6) is -0.935. The summed E-state index contributed by atoms with van der Waals surface area (Å²) in [6.45, 7) is 0. The highest BCUT2D eigenvalue weighted by Gasteiger charge is 2.25. The van der Waals surface area contributed by atoms with Crippen LogP contribution < -0.4 is 0 Å². The number of benzene rings is 4. The Bertz CT molecular complexity index is 1560. The number of ketones is 1. The maximum absolute atomic E-state index is 13.3. The molecule has 1 atom stereocenters. The molecule has 5 rings (SSSR count). The van der Waals surface area contributed by atoms with E-state index in [9.17, 15) is 9.59 Å². The number of carbonyl (C=O) groups excluding carboxylic acids is 2. The third-order valence-corrected chi connectivity index (χ3v) is 6.16. The van der Waals surface area contributed by atoms with Gasteiger partial charge in [-0.25, -0.2) is 9.48 Å². The monoisotopic (exact) mass is 518 g/mol. The van der Waals surface area contributed by atoms with Crippen LogP contribution >= 0.6 is 11.6 Å². The fraction of sp³-hybridized carbons (Fsp3) is 0.0312. The predicted octanol–water partition coefficient (Wildman–Crippen LogP) is 7.37. The summed E-state index contributed by atoms with van der Waals surface area (Å²) in [4.78, 5) is 26.3. The van der Waals surface area contributed by atoms with E-state index in [-0.39, 0.29) is 5.78 Å². The molecule has 38 heavy (non-hydrogen) atoms. The molecular weight excluding hydrogens is 496 g/mol. The Kier molecular flexibility index (Phi) is 7.57. The Balaban J connectivity index is 1.44. The Morgan fingerprint density at radius 2 is 1.39 bits per heavy atom. The summed E-state index contributed by atoms with van der Waals surface area (Å²) >= 11 is 6.08. The van der Waals surface area contributed by atoms with Crippen molar-refractivity contribution in [3.05, 3.63) is 149 Å². The van der Waals surface area contributed by atoms with Gasteiger partial charge in [-0.1, -0.05) is 103 Å². The topological polar surface area (TPSA) is 61.2 Å². The first-order valence-electron chi connectivity index (χ1n) is 12.0. The van der Waals surface area contributed by atoms with Crippen LogP contribution in [0.2, 0.25) is 5.02 Å². The molecule has 0 radical (unpaired) electrons. The SMILES string of the molecule is O=C(/C=C/c1cn(-c2ccccc2)nc1-c1ccc(Cl)cc1)OC(C(=O)c1ccccc1)c1ccccc1. The first-order chi connectivity index (χ1) is 18.6. The second-order valence-electron chi connectivity index (χ2n) is 8.51. The average Bonchev–Trinajstić information content (AvgIpc) is 3.40. The van der Waals surface area contributed by atoms with E-state index in [1.54, 1.807) is 71.4 Å². The molecule has 0 spiro atoms. The van der Waals surface area contributed by atoms with Gasteiger partial charge in [-0.15, -0.1) is 0 Å². The number of nitrogens with zero attached hydrogens (tertiary/aromatic N) is 2. The van der Waals surface area contributed by atoms with Gasteiger partial charge in [0.15, 0.2) is 6.10 Å².